The van der Waals surface area contributed by atoms with Gasteiger partial charge in [-0.25, -0.2) is 0 Å². The molecule has 0 heterocycles. The Bertz CT molecular complexity index is 583. The molecule has 196 valence electrons. The largest absolute Gasteiger partial charge is 0.350 e. The van der Waals surface area contributed by atoms with Crippen LogP contribution in [0.15, 0.2) is 12.7 Å². The summed E-state index contributed by atoms with van der Waals surface area (Å²) >= 11 is 0. The van der Waals surface area contributed by atoms with Gasteiger partial charge in [-0.1, -0.05) is 123 Å². The Morgan fingerprint density at radius 1 is 0.818 bits per heavy atom. The summed E-state index contributed by atoms with van der Waals surface area (Å²) in [5.41, 5.74) is 0. The minimum absolute atomic E-state index is 0.235. The van der Waals surface area contributed by atoms with Crippen LogP contribution in [0, 0.1) is 0 Å². The Hall–Kier alpha value is -0.880. The van der Waals surface area contributed by atoms with Crippen LogP contribution in [0.4, 0.5) is 0 Å². The number of carbonyl (C=O) groups is 1. The van der Waals surface area contributed by atoms with Gasteiger partial charge >= 0.3 is 0 Å². The summed E-state index contributed by atoms with van der Waals surface area (Å²) in [7, 11) is -4.25. The highest BCUT2D eigenvalue weighted by Crippen LogP contribution is 2.35. The highest BCUT2D eigenvalue weighted by molar-refractivity contribution is 7.87. The molecule has 0 rings (SSSR count). The first-order valence-corrected chi connectivity index (χ1v) is 15.1. The van der Waals surface area contributed by atoms with E-state index in [0.717, 1.165) is 38.5 Å². The number of hydrogen-bond acceptors (Lipinski definition) is 3. The molecule has 5 nitrogen and oxygen atoms in total. The smallest absolute Gasteiger partial charge is 0.270 e. The number of carbonyl (C=O) groups excluding carboxylic acids is 1. The second kappa shape index (κ2) is 19.4. The van der Waals surface area contributed by atoms with Crippen molar-refractivity contribution in [3.63, 3.8) is 0 Å². The van der Waals surface area contributed by atoms with Gasteiger partial charge in [0.2, 0.25) is 5.91 Å². The normalized spacial score (nSPS) is 13.1. The lowest BCUT2D eigenvalue weighted by Gasteiger charge is -2.33. The molecule has 0 spiro atoms. The second-order valence-electron chi connectivity index (χ2n) is 9.93. The summed E-state index contributed by atoms with van der Waals surface area (Å²) in [6, 6.07) is -0.347. The van der Waals surface area contributed by atoms with Crippen molar-refractivity contribution < 1.29 is 17.8 Å². The molecule has 0 bridgehead atoms. The van der Waals surface area contributed by atoms with E-state index in [-0.39, 0.29) is 18.4 Å². The van der Waals surface area contributed by atoms with Crippen molar-refractivity contribution in [2.45, 2.75) is 154 Å². The summed E-state index contributed by atoms with van der Waals surface area (Å²) in [4.78, 5) is 11.7. The summed E-state index contributed by atoms with van der Waals surface area (Å²) < 4.78 is 34.4. The first-order chi connectivity index (χ1) is 15.7. The van der Waals surface area contributed by atoms with E-state index < -0.39 is 14.9 Å². The van der Waals surface area contributed by atoms with E-state index in [0.29, 0.717) is 12.8 Å². The second-order valence-corrected chi connectivity index (χ2v) is 11.7. The number of unbranched alkanes of at least 4 members (excludes halogenated alkanes) is 14. The standard InChI is InChI=1S/C27H53NO4S/c1-5-8-10-12-14-16-18-20-22-27(33(30,31)32,24-25(4)28-26(29)7-3)23-21-19-17-15-13-11-9-6-2/h7,25H,3,5-6,8-24H2,1-2,4H3,(H,28,29)(H,30,31,32). The zero-order valence-electron chi connectivity index (χ0n) is 21.9. The van der Waals surface area contributed by atoms with Crippen LogP contribution in [0.2, 0.25) is 0 Å². The van der Waals surface area contributed by atoms with Crippen molar-refractivity contribution in [2.24, 2.45) is 0 Å². The molecule has 1 atom stereocenters. The average molecular weight is 488 g/mol. The molecule has 0 radical (unpaired) electrons. The topological polar surface area (TPSA) is 83.5 Å². The lowest BCUT2D eigenvalue weighted by Crippen LogP contribution is -2.45. The van der Waals surface area contributed by atoms with Gasteiger partial charge in [0.15, 0.2) is 0 Å². The van der Waals surface area contributed by atoms with Crippen molar-refractivity contribution in [3.05, 3.63) is 12.7 Å². The van der Waals surface area contributed by atoms with Crippen molar-refractivity contribution in [3.8, 4) is 0 Å². The molecule has 0 fully saturated rings. The Morgan fingerprint density at radius 3 is 1.52 bits per heavy atom. The Morgan fingerprint density at radius 2 is 1.18 bits per heavy atom. The maximum Gasteiger partial charge on any atom is 0.270 e. The van der Waals surface area contributed by atoms with Crippen LogP contribution in [-0.2, 0) is 14.9 Å². The lowest BCUT2D eigenvalue weighted by atomic mass is 9.88. The van der Waals surface area contributed by atoms with E-state index >= 15 is 0 Å². The number of nitrogens with one attached hydrogen (secondary N) is 1. The lowest BCUT2D eigenvalue weighted by molar-refractivity contribution is -0.117. The number of amides is 1. The fraction of sp³-hybridized carbons (Fsp3) is 0.889. The summed E-state index contributed by atoms with van der Waals surface area (Å²) in [5.74, 6) is -0.314. The van der Waals surface area contributed by atoms with Gasteiger partial charge in [-0.05, 0) is 32.3 Å². The molecule has 33 heavy (non-hydrogen) atoms. The quantitative estimate of drug-likeness (QED) is 0.0876. The first-order valence-electron chi connectivity index (χ1n) is 13.6. The van der Waals surface area contributed by atoms with Crippen LogP contribution in [0.3, 0.4) is 0 Å². The molecule has 0 aromatic rings. The predicted octanol–water partition coefficient (Wildman–Crippen LogP) is 7.76. The molecule has 6 heteroatoms. The van der Waals surface area contributed by atoms with Gasteiger partial charge in [0.05, 0.1) is 4.75 Å². The van der Waals surface area contributed by atoms with Gasteiger partial charge in [-0.15, -0.1) is 0 Å². The fourth-order valence-electron chi connectivity index (χ4n) is 4.77. The third-order valence-electron chi connectivity index (χ3n) is 6.77. The highest BCUT2D eigenvalue weighted by atomic mass is 32.2. The fourth-order valence-corrected chi connectivity index (χ4v) is 6.03. The average Bonchev–Trinajstić information content (AvgIpc) is 2.76. The molecular formula is C27H53NO4S. The van der Waals surface area contributed by atoms with Crippen molar-refractivity contribution in [1.29, 1.82) is 0 Å². The van der Waals surface area contributed by atoms with Crippen LogP contribution in [-0.4, -0.2) is 29.7 Å². The molecule has 0 aliphatic carbocycles. The van der Waals surface area contributed by atoms with Crippen molar-refractivity contribution in [1.82, 2.24) is 5.32 Å². The van der Waals surface area contributed by atoms with Crippen LogP contribution in [0.5, 0.6) is 0 Å². The molecule has 0 aliphatic rings. The van der Waals surface area contributed by atoms with E-state index in [2.05, 4.69) is 25.7 Å². The minimum atomic E-state index is -4.25. The van der Waals surface area contributed by atoms with E-state index in [1.807, 2.05) is 6.92 Å². The van der Waals surface area contributed by atoms with Crippen molar-refractivity contribution in [2.75, 3.05) is 0 Å². The van der Waals surface area contributed by atoms with E-state index in [9.17, 15) is 17.8 Å². The zero-order valence-corrected chi connectivity index (χ0v) is 22.7. The summed E-state index contributed by atoms with van der Waals surface area (Å²) in [6.07, 6.45) is 20.5. The van der Waals surface area contributed by atoms with Gasteiger partial charge in [0, 0.05) is 6.04 Å². The third-order valence-corrected chi connectivity index (χ3v) is 8.44. The number of rotatable bonds is 23. The summed E-state index contributed by atoms with van der Waals surface area (Å²) in [5, 5.41) is 2.78. The van der Waals surface area contributed by atoms with Crippen LogP contribution in [0.25, 0.3) is 0 Å². The Labute approximate surface area is 205 Å². The van der Waals surface area contributed by atoms with Crippen molar-refractivity contribution >= 4 is 16.0 Å². The molecular weight excluding hydrogens is 434 g/mol. The first kappa shape index (κ1) is 32.1. The van der Waals surface area contributed by atoms with Gasteiger partial charge in [-0.3, -0.25) is 9.35 Å². The molecule has 0 aromatic heterocycles. The Balaban J connectivity index is 4.91. The predicted molar refractivity (Wildman–Crippen MR) is 141 cm³/mol. The van der Waals surface area contributed by atoms with E-state index in [1.165, 1.54) is 70.3 Å². The zero-order chi connectivity index (χ0) is 25.0. The molecule has 0 aromatic carbocycles. The van der Waals surface area contributed by atoms with Crippen LogP contribution in [0.1, 0.15) is 143 Å². The molecule has 1 unspecified atom stereocenters. The third kappa shape index (κ3) is 15.6. The van der Waals surface area contributed by atoms with Crippen LogP contribution >= 0.6 is 0 Å². The molecule has 2 N–H and O–H groups in total. The Kier molecular flexibility index (Phi) is 18.9. The summed E-state index contributed by atoms with van der Waals surface area (Å²) in [6.45, 7) is 9.70. The molecule has 0 aliphatic heterocycles. The minimum Gasteiger partial charge on any atom is -0.350 e. The SMILES string of the molecule is C=CC(=O)NC(C)CC(CCCCCCCCCC)(CCCCCCCCCC)S(=O)(=O)O. The molecule has 0 saturated carbocycles. The molecule has 1 amide bonds. The molecule has 0 saturated heterocycles. The highest BCUT2D eigenvalue weighted by Gasteiger charge is 2.43. The van der Waals surface area contributed by atoms with Gasteiger partial charge in [0.1, 0.15) is 0 Å². The maximum atomic E-state index is 12.6. The van der Waals surface area contributed by atoms with Gasteiger partial charge < -0.3 is 5.32 Å². The maximum absolute atomic E-state index is 12.6. The van der Waals surface area contributed by atoms with E-state index in [1.54, 1.807) is 0 Å². The number of hydrogen-bond donors (Lipinski definition) is 2. The van der Waals surface area contributed by atoms with Gasteiger partial charge in [-0.2, -0.15) is 8.42 Å². The van der Waals surface area contributed by atoms with E-state index in [4.69, 9.17) is 0 Å². The monoisotopic (exact) mass is 487 g/mol. The van der Waals surface area contributed by atoms with Crippen LogP contribution < -0.4 is 5.32 Å². The van der Waals surface area contributed by atoms with Gasteiger partial charge in [0.25, 0.3) is 10.1 Å².